The highest BCUT2D eigenvalue weighted by Gasteiger charge is 2.27. The zero-order chi connectivity index (χ0) is 20.6. The molecule has 3 rings (SSSR count). The van der Waals surface area contributed by atoms with Crippen molar-refractivity contribution in [2.45, 2.75) is 32.6 Å². The molecule has 0 bridgehead atoms. The van der Waals surface area contributed by atoms with Gasteiger partial charge in [-0.3, -0.25) is 9.59 Å². The number of benzene rings is 2. The molecule has 1 N–H and O–H groups in total. The number of aryl methyl sites for hydroxylation is 2. The Morgan fingerprint density at radius 1 is 1.10 bits per heavy atom. The Balaban J connectivity index is 1.38. The summed E-state index contributed by atoms with van der Waals surface area (Å²) in [6, 6.07) is 15.7. The van der Waals surface area contributed by atoms with Gasteiger partial charge in [0.1, 0.15) is 5.75 Å². The molecule has 2 amide bonds. The topological polar surface area (TPSA) is 58.6 Å². The number of nitrogens with one attached hydrogen (secondary N) is 1. The van der Waals surface area contributed by atoms with Crippen molar-refractivity contribution < 1.29 is 14.3 Å². The van der Waals surface area contributed by atoms with E-state index in [9.17, 15) is 9.59 Å². The van der Waals surface area contributed by atoms with E-state index < -0.39 is 0 Å². The number of ether oxygens (including phenoxy) is 1. The van der Waals surface area contributed by atoms with Gasteiger partial charge in [-0.05, 0) is 62.4 Å². The van der Waals surface area contributed by atoms with Crippen LogP contribution in [0.2, 0.25) is 0 Å². The van der Waals surface area contributed by atoms with Gasteiger partial charge in [-0.15, -0.1) is 0 Å². The SMILES string of the molecule is COc1cccc(CCCNC(=O)C2CCN(C(=O)c3ccc(C)cc3)CC2)c1. The van der Waals surface area contributed by atoms with Gasteiger partial charge in [0, 0.05) is 31.1 Å². The molecular weight excluding hydrogens is 364 g/mol. The molecule has 5 heteroatoms. The van der Waals surface area contributed by atoms with Crippen molar-refractivity contribution in [1.29, 1.82) is 0 Å². The van der Waals surface area contributed by atoms with Crippen LogP contribution in [0.15, 0.2) is 48.5 Å². The third-order valence-corrected chi connectivity index (χ3v) is 5.53. The van der Waals surface area contributed by atoms with Crippen LogP contribution in [0, 0.1) is 12.8 Å². The lowest BCUT2D eigenvalue weighted by atomic mass is 9.95. The summed E-state index contributed by atoms with van der Waals surface area (Å²) in [5, 5.41) is 3.06. The van der Waals surface area contributed by atoms with Crippen LogP contribution in [0.5, 0.6) is 5.75 Å². The molecule has 1 saturated heterocycles. The maximum Gasteiger partial charge on any atom is 0.253 e. The highest BCUT2D eigenvalue weighted by atomic mass is 16.5. The lowest BCUT2D eigenvalue weighted by Crippen LogP contribution is -2.43. The van der Waals surface area contributed by atoms with Gasteiger partial charge in [0.25, 0.3) is 5.91 Å². The van der Waals surface area contributed by atoms with E-state index in [0.717, 1.165) is 42.6 Å². The van der Waals surface area contributed by atoms with E-state index in [0.29, 0.717) is 19.6 Å². The summed E-state index contributed by atoms with van der Waals surface area (Å²) in [4.78, 5) is 26.9. The van der Waals surface area contributed by atoms with Crippen molar-refractivity contribution in [1.82, 2.24) is 10.2 Å². The van der Waals surface area contributed by atoms with Crippen LogP contribution >= 0.6 is 0 Å². The highest BCUT2D eigenvalue weighted by Crippen LogP contribution is 2.20. The molecule has 0 spiro atoms. The number of methoxy groups -OCH3 is 1. The monoisotopic (exact) mass is 394 g/mol. The maximum absolute atomic E-state index is 12.6. The van der Waals surface area contributed by atoms with Crippen molar-refractivity contribution in [2.24, 2.45) is 5.92 Å². The molecule has 0 saturated carbocycles. The molecule has 1 heterocycles. The molecule has 1 fully saturated rings. The Morgan fingerprint density at radius 3 is 2.52 bits per heavy atom. The molecule has 2 aromatic carbocycles. The Labute approximate surface area is 173 Å². The van der Waals surface area contributed by atoms with Crippen LogP contribution in [0.3, 0.4) is 0 Å². The van der Waals surface area contributed by atoms with Gasteiger partial charge in [0.2, 0.25) is 5.91 Å². The molecule has 0 aromatic heterocycles. The molecule has 1 aliphatic rings. The van der Waals surface area contributed by atoms with Crippen molar-refractivity contribution in [2.75, 3.05) is 26.7 Å². The first kappa shape index (κ1) is 20.9. The summed E-state index contributed by atoms with van der Waals surface area (Å²) in [6.45, 7) is 3.94. The summed E-state index contributed by atoms with van der Waals surface area (Å²) in [5.41, 5.74) is 3.07. The molecule has 0 radical (unpaired) electrons. The average molecular weight is 395 g/mol. The number of carbonyl (C=O) groups is 2. The zero-order valence-electron chi connectivity index (χ0n) is 17.3. The molecule has 2 aromatic rings. The van der Waals surface area contributed by atoms with Gasteiger partial charge < -0.3 is 15.0 Å². The van der Waals surface area contributed by atoms with E-state index in [2.05, 4.69) is 11.4 Å². The van der Waals surface area contributed by atoms with Crippen LogP contribution in [0.25, 0.3) is 0 Å². The van der Waals surface area contributed by atoms with Crippen molar-refractivity contribution >= 4 is 11.8 Å². The number of likely N-dealkylation sites (tertiary alicyclic amines) is 1. The van der Waals surface area contributed by atoms with E-state index in [1.807, 2.05) is 54.3 Å². The Kier molecular flexibility index (Phi) is 7.28. The van der Waals surface area contributed by atoms with Crippen molar-refractivity contribution in [3.63, 3.8) is 0 Å². The van der Waals surface area contributed by atoms with Crippen LogP contribution in [-0.2, 0) is 11.2 Å². The molecule has 0 aliphatic carbocycles. The minimum Gasteiger partial charge on any atom is -0.497 e. The van der Waals surface area contributed by atoms with Crippen LogP contribution in [0.4, 0.5) is 0 Å². The van der Waals surface area contributed by atoms with Crippen molar-refractivity contribution in [3.8, 4) is 5.75 Å². The second-order valence-electron chi connectivity index (χ2n) is 7.68. The zero-order valence-corrected chi connectivity index (χ0v) is 17.3. The largest absolute Gasteiger partial charge is 0.497 e. The molecule has 1 aliphatic heterocycles. The van der Waals surface area contributed by atoms with E-state index >= 15 is 0 Å². The predicted molar refractivity (Wildman–Crippen MR) is 114 cm³/mol. The summed E-state index contributed by atoms with van der Waals surface area (Å²) >= 11 is 0. The molecule has 154 valence electrons. The fraction of sp³-hybridized carbons (Fsp3) is 0.417. The lowest BCUT2D eigenvalue weighted by molar-refractivity contribution is -0.126. The Hall–Kier alpha value is -2.82. The number of rotatable bonds is 7. The first-order valence-corrected chi connectivity index (χ1v) is 10.3. The number of amides is 2. The van der Waals surface area contributed by atoms with Gasteiger partial charge in [0.05, 0.1) is 7.11 Å². The summed E-state index contributed by atoms with van der Waals surface area (Å²) in [7, 11) is 1.67. The minimum atomic E-state index is -0.00566. The van der Waals surface area contributed by atoms with E-state index in [1.54, 1.807) is 7.11 Å². The average Bonchev–Trinajstić information content (AvgIpc) is 2.77. The van der Waals surface area contributed by atoms with Gasteiger partial charge in [-0.1, -0.05) is 29.8 Å². The van der Waals surface area contributed by atoms with Gasteiger partial charge in [-0.2, -0.15) is 0 Å². The number of hydrogen-bond acceptors (Lipinski definition) is 3. The predicted octanol–water partition coefficient (Wildman–Crippen LogP) is 3.60. The maximum atomic E-state index is 12.6. The quantitative estimate of drug-likeness (QED) is 0.730. The van der Waals surface area contributed by atoms with Crippen LogP contribution in [0.1, 0.15) is 40.7 Å². The standard InChI is InChI=1S/C24H30N2O3/c1-18-8-10-21(11-9-18)24(28)26-15-12-20(13-16-26)23(27)25-14-4-6-19-5-3-7-22(17-19)29-2/h3,5,7-11,17,20H,4,6,12-16H2,1-2H3,(H,25,27). The first-order valence-electron chi connectivity index (χ1n) is 10.3. The van der Waals surface area contributed by atoms with Crippen LogP contribution < -0.4 is 10.1 Å². The van der Waals surface area contributed by atoms with Gasteiger partial charge in [0.15, 0.2) is 0 Å². The Bertz CT molecular complexity index is 824. The van der Waals surface area contributed by atoms with Gasteiger partial charge >= 0.3 is 0 Å². The third-order valence-electron chi connectivity index (χ3n) is 5.53. The molecular formula is C24H30N2O3. The normalized spacial score (nSPS) is 14.5. The fourth-order valence-electron chi connectivity index (χ4n) is 3.70. The molecule has 0 atom stereocenters. The van der Waals surface area contributed by atoms with E-state index in [-0.39, 0.29) is 17.7 Å². The second kappa shape index (κ2) is 10.1. The summed E-state index contributed by atoms with van der Waals surface area (Å²) < 4.78 is 5.24. The Morgan fingerprint density at radius 2 is 1.83 bits per heavy atom. The molecule has 0 unspecified atom stereocenters. The van der Waals surface area contributed by atoms with Crippen molar-refractivity contribution in [3.05, 3.63) is 65.2 Å². The highest BCUT2D eigenvalue weighted by molar-refractivity contribution is 5.94. The number of hydrogen-bond donors (Lipinski definition) is 1. The van der Waals surface area contributed by atoms with E-state index in [1.165, 1.54) is 5.56 Å². The summed E-state index contributed by atoms with van der Waals surface area (Å²) in [6.07, 6.45) is 3.24. The first-order chi connectivity index (χ1) is 14.1. The molecule has 5 nitrogen and oxygen atoms in total. The number of piperidine rings is 1. The summed E-state index contributed by atoms with van der Waals surface area (Å²) in [5.74, 6) is 1.02. The number of nitrogens with zero attached hydrogens (tertiary/aromatic N) is 1. The van der Waals surface area contributed by atoms with E-state index in [4.69, 9.17) is 4.74 Å². The van der Waals surface area contributed by atoms with Gasteiger partial charge in [-0.25, -0.2) is 0 Å². The fourth-order valence-corrected chi connectivity index (χ4v) is 3.70. The lowest BCUT2D eigenvalue weighted by Gasteiger charge is -2.31. The third kappa shape index (κ3) is 5.83. The molecule has 29 heavy (non-hydrogen) atoms. The van der Waals surface area contributed by atoms with Crippen LogP contribution in [-0.4, -0.2) is 43.5 Å². The number of carbonyl (C=O) groups excluding carboxylic acids is 2. The minimum absolute atomic E-state index is 0.00566. The smallest absolute Gasteiger partial charge is 0.253 e. The second-order valence-corrected chi connectivity index (χ2v) is 7.68.